The molecule has 1 heterocycles. The Balaban J connectivity index is 2.38. The highest BCUT2D eigenvalue weighted by Gasteiger charge is 2.16. The molecule has 0 fully saturated rings. The van der Waals surface area contributed by atoms with Crippen molar-refractivity contribution >= 4 is 40.2 Å². The summed E-state index contributed by atoms with van der Waals surface area (Å²) in [6, 6.07) is 6.07. The predicted molar refractivity (Wildman–Crippen MR) is 71.8 cm³/mol. The van der Waals surface area contributed by atoms with Gasteiger partial charge in [0.05, 0.1) is 16.5 Å². The topological polar surface area (TPSA) is 41.5 Å². The molecular weight excluding hydrogens is 240 g/mol. The zero-order valence-corrected chi connectivity index (χ0v) is 10.7. The second-order valence-corrected chi connectivity index (χ2v) is 5.09. The number of amides is 1. The fourth-order valence-electron chi connectivity index (χ4n) is 1.55. The average Bonchev–Trinajstić information content (AvgIpc) is 2.30. The van der Waals surface area contributed by atoms with Crippen LogP contribution in [0.3, 0.4) is 0 Å². The van der Waals surface area contributed by atoms with E-state index in [1.165, 1.54) is 0 Å². The summed E-state index contributed by atoms with van der Waals surface area (Å²) >= 11 is 3.18. The molecule has 84 valence electrons. The van der Waals surface area contributed by atoms with Gasteiger partial charge < -0.3 is 5.32 Å². The smallest absolute Gasteiger partial charge is 0.234 e. The Kier molecular flexibility index (Phi) is 3.56. The summed E-state index contributed by atoms with van der Waals surface area (Å²) in [5.41, 5.74) is 1.95. The molecule has 0 radical (unpaired) electrons. The predicted octanol–water partition coefficient (Wildman–Crippen LogP) is 2.47. The van der Waals surface area contributed by atoms with Gasteiger partial charge in [-0.25, -0.2) is 0 Å². The van der Waals surface area contributed by atoms with Gasteiger partial charge in [0.2, 0.25) is 5.91 Å². The first-order chi connectivity index (χ1) is 7.74. The number of hydrogen-bond acceptors (Lipinski definition) is 4. The largest absolute Gasteiger partial charge is 0.324 e. The van der Waals surface area contributed by atoms with Gasteiger partial charge in [0, 0.05) is 17.5 Å². The van der Waals surface area contributed by atoms with Gasteiger partial charge in [-0.2, -0.15) is 0 Å². The summed E-state index contributed by atoms with van der Waals surface area (Å²) in [5, 5.41) is 3.86. The second-order valence-electron chi connectivity index (χ2n) is 3.28. The van der Waals surface area contributed by atoms with Crippen molar-refractivity contribution in [3.63, 3.8) is 0 Å². The molecule has 2 rings (SSSR count). The third-order valence-electron chi connectivity index (χ3n) is 2.26. The molecule has 5 heteroatoms. The minimum atomic E-state index is 0.0637. The number of aliphatic imine (C=N–C) groups is 1. The number of fused-ring (bicyclic) bond motifs is 1. The normalized spacial score (nSPS) is 15.6. The Hall–Kier alpha value is -0.940. The van der Waals surface area contributed by atoms with Crippen LogP contribution in [0.2, 0.25) is 0 Å². The zero-order chi connectivity index (χ0) is 11.5. The molecule has 0 bridgehead atoms. The van der Waals surface area contributed by atoms with Gasteiger partial charge in [0.1, 0.15) is 0 Å². The molecule has 0 atom stereocenters. The number of rotatable bonds is 1. The van der Waals surface area contributed by atoms with Crippen LogP contribution in [0.15, 0.2) is 28.1 Å². The minimum Gasteiger partial charge on any atom is -0.324 e. The highest BCUT2D eigenvalue weighted by Crippen LogP contribution is 2.32. The molecule has 16 heavy (non-hydrogen) atoms. The van der Waals surface area contributed by atoms with Crippen molar-refractivity contribution in [2.75, 3.05) is 24.4 Å². The molecule has 1 aromatic carbocycles. The van der Waals surface area contributed by atoms with Crippen molar-refractivity contribution in [3.05, 3.63) is 23.8 Å². The SMILES string of the molecule is CN=C(SC)c1ccc2c(c1)NC(=O)CS2. The van der Waals surface area contributed by atoms with E-state index in [9.17, 15) is 4.79 Å². The number of thioether (sulfide) groups is 2. The van der Waals surface area contributed by atoms with Crippen molar-refractivity contribution in [3.8, 4) is 0 Å². The summed E-state index contributed by atoms with van der Waals surface area (Å²) in [4.78, 5) is 16.6. The van der Waals surface area contributed by atoms with E-state index >= 15 is 0 Å². The first-order valence-electron chi connectivity index (χ1n) is 4.82. The molecule has 1 aliphatic rings. The Bertz CT molecular complexity index is 457. The third-order valence-corrected chi connectivity index (χ3v) is 4.13. The molecule has 1 amide bonds. The molecule has 0 unspecified atom stereocenters. The van der Waals surface area contributed by atoms with Gasteiger partial charge in [-0.15, -0.1) is 23.5 Å². The van der Waals surface area contributed by atoms with Crippen LogP contribution < -0.4 is 5.32 Å². The van der Waals surface area contributed by atoms with Crippen molar-refractivity contribution in [2.45, 2.75) is 4.90 Å². The van der Waals surface area contributed by atoms with Crippen molar-refractivity contribution in [1.82, 2.24) is 0 Å². The van der Waals surface area contributed by atoms with Gasteiger partial charge >= 0.3 is 0 Å². The van der Waals surface area contributed by atoms with Crippen LogP contribution in [0.25, 0.3) is 0 Å². The summed E-state index contributed by atoms with van der Waals surface area (Å²) in [6.07, 6.45) is 2.00. The molecule has 3 nitrogen and oxygen atoms in total. The maximum atomic E-state index is 11.3. The summed E-state index contributed by atoms with van der Waals surface area (Å²) in [6.45, 7) is 0. The Morgan fingerprint density at radius 3 is 3.06 bits per heavy atom. The lowest BCUT2D eigenvalue weighted by Gasteiger charge is -2.17. The van der Waals surface area contributed by atoms with Gasteiger partial charge in [-0.3, -0.25) is 9.79 Å². The van der Waals surface area contributed by atoms with Crippen LogP contribution in [-0.2, 0) is 4.79 Å². The highest BCUT2D eigenvalue weighted by atomic mass is 32.2. The fourth-order valence-corrected chi connectivity index (χ4v) is 2.89. The molecule has 0 saturated carbocycles. The van der Waals surface area contributed by atoms with Crippen LogP contribution in [-0.4, -0.2) is 30.0 Å². The van der Waals surface area contributed by atoms with Crippen molar-refractivity contribution < 1.29 is 4.79 Å². The van der Waals surface area contributed by atoms with E-state index in [2.05, 4.69) is 10.3 Å². The average molecular weight is 252 g/mol. The van der Waals surface area contributed by atoms with Gasteiger partial charge in [-0.1, -0.05) is 6.07 Å². The van der Waals surface area contributed by atoms with E-state index in [0.717, 1.165) is 21.2 Å². The van der Waals surface area contributed by atoms with E-state index in [1.807, 2.05) is 24.5 Å². The van der Waals surface area contributed by atoms with Crippen molar-refractivity contribution in [2.24, 2.45) is 4.99 Å². The van der Waals surface area contributed by atoms with E-state index in [-0.39, 0.29) is 5.91 Å². The highest BCUT2D eigenvalue weighted by molar-refractivity contribution is 8.13. The lowest BCUT2D eigenvalue weighted by atomic mass is 10.2. The molecule has 1 N–H and O–H groups in total. The number of anilines is 1. The number of hydrogen-bond donors (Lipinski definition) is 1. The zero-order valence-electron chi connectivity index (χ0n) is 9.11. The van der Waals surface area contributed by atoms with Crippen LogP contribution in [0.1, 0.15) is 5.56 Å². The van der Waals surface area contributed by atoms with Crippen LogP contribution in [0.4, 0.5) is 5.69 Å². The molecule has 0 saturated heterocycles. The van der Waals surface area contributed by atoms with E-state index in [0.29, 0.717) is 5.75 Å². The molecule has 0 aliphatic carbocycles. The fraction of sp³-hybridized carbons (Fsp3) is 0.273. The monoisotopic (exact) mass is 252 g/mol. The number of carbonyl (C=O) groups is 1. The molecule has 0 aromatic heterocycles. The Morgan fingerprint density at radius 2 is 2.38 bits per heavy atom. The number of nitrogens with zero attached hydrogens (tertiary/aromatic N) is 1. The minimum absolute atomic E-state index is 0.0637. The van der Waals surface area contributed by atoms with Crippen LogP contribution >= 0.6 is 23.5 Å². The van der Waals surface area contributed by atoms with Crippen LogP contribution in [0.5, 0.6) is 0 Å². The third kappa shape index (κ3) is 2.25. The van der Waals surface area contributed by atoms with Gasteiger partial charge in [0.25, 0.3) is 0 Å². The summed E-state index contributed by atoms with van der Waals surface area (Å²) in [7, 11) is 1.78. The first-order valence-corrected chi connectivity index (χ1v) is 7.03. The Labute approximate surface area is 103 Å². The molecule has 1 aliphatic heterocycles. The quantitative estimate of drug-likeness (QED) is 0.616. The van der Waals surface area contributed by atoms with Crippen molar-refractivity contribution in [1.29, 1.82) is 0 Å². The maximum Gasteiger partial charge on any atom is 0.234 e. The van der Waals surface area contributed by atoms with E-state index in [4.69, 9.17) is 0 Å². The second kappa shape index (κ2) is 4.93. The first kappa shape index (κ1) is 11.5. The number of benzene rings is 1. The van der Waals surface area contributed by atoms with Gasteiger partial charge in [0.15, 0.2) is 0 Å². The number of carbonyl (C=O) groups excluding carboxylic acids is 1. The molecular formula is C11H12N2OS2. The van der Waals surface area contributed by atoms with Gasteiger partial charge in [-0.05, 0) is 18.4 Å². The van der Waals surface area contributed by atoms with E-state index < -0.39 is 0 Å². The van der Waals surface area contributed by atoms with E-state index in [1.54, 1.807) is 30.6 Å². The van der Waals surface area contributed by atoms with Crippen LogP contribution in [0, 0.1) is 0 Å². The standard InChI is InChI=1S/C11H12N2OS2/c1-12-11(15-2)7-3-4-9-8(5-7)13-10(14)6-16-9/h3-5H,6H2,1-2H3,(H,13,14). The lowest BCUT2D eigenvalue weighted by Crippen LogP contribution is -2.18. The number of nitrogens with one attached hydrogen (secondary N) is 1. The maximum absolute atomic E-state index is 11.3. The summed E-state index contributed by atoms with van der Waals surface area (Å²) in [5.74, 6) is 0.567. The molecule has 0 spiro atoms. The Morgan fingerprint density at radius 1 is 1.56 bits per heavy atom. The summed E-state index contributed by atoms with van der Waals surface area (Å²) < 4.78 is 0. The lowest BCUT2D eigenvalue weighted by molar-refractivity contribution is -0.113. The molecule has 1 aromatic rings.